The summed E-state index contributed by atoms with van der Waals surface area (Å²) >= 11 is 0. The van der Waals surface area contributed by atoms with Crippen molar-refractivity contribution in [1.29, 1.82) is 0 Å². The fraction of sp³-hybridized carbons (Fsp3) is 0.0909. The first-order chi connectivity index (χ1) is 6.74. The van der Waals surface area contributed by atoms with E-state index >= 15 is 0 Å². The van der Waals surface area contributed by atoms with Crippen molar-refractivity contribution >= 4 is 17.2 Å². The Morgan fingerprint density at radius 3 is 2.86 bits per heavy atom. The molecule has 70 valence electrons. The molecule has 0 fully saturated rings. The summed E-state index contributed by atoms with van der Waals surface area (Å²) in [6.07, 6.45) is 2.02. The predicted molar refractivity (Wildman–Crippen MR) is 54.7 cm³/mol. The summed E-state index contributed by atoms with van der Waals surface area (Å²) in [5.74, 6) is 0. The van der Waals surface area contributed by atoms with E-state index in [2.05, 4.69) is 4.98 Å². The van der Waals surface area contributed by atoms with Gasteiger partial charge in [-0.2, -0.15) is 0 Å². The lowest BCUT2D eigenvalue weighted by molar-refractivity contribution is 0.112. The third-order valence-corrected chi connectivity index (χ3v) is 2.27. The molecule has 1 aromatic carbocycles. The van der Waals surface area contributed by atoms with Crippen molar-refractivity contribution < 1.29 is 4.79 Å². The van der Waals surface area contributed by atoms with E-state index in [1.54, 1.807) is 0 Å². The Kier molecular flexibility index (Phi) is 1.93. The zero-order chi connectivity index (χ0) is 10.1. The molecule has 0 aliphatic rings. The molecule has 3 nitrogen and oxygen atoms in total. The Balaban J connectivity index is 3.01. The molecule has 0 saturated carbocycles. The van der Waals surface area contributed by atoms with Crippen molar-refractivity contribution in [3.05, 3.63) is 45.7 Å². The van der Waals surface area contributed by atoms with Gasteiger partial charge in [-0.1, -0.05) is 12.1 Å². The molecule has 0 aliphatic heterocycles. The van der Waals surface area contributed by atoms with E-state index < -0.39 is 0 Å². The summed E-state index contributed by atoms with van der Waals surface area (Å²) in [5.41, 5.74) is 1.62. The fourth-order valence-electron chi connectivity index (χ4n) is 1.54. The topological polar surface area (TPSA) is 49.9 Å². The van der Waals surface area contributed by atoms with Crippen LogP contribution in [-0.2, 0) is 0 Å². The number of hydrogen-bond donors (Lipinski definition) is 1. The Morgan fingerprint density at radius 2 is 2.14 bits per heavy atom. The SMILES string of the molecule is Cc1cccc2[nH]cc(C=O)c(=O)c12. The molecule has 0 saturated heterocycles. The number of carbonyl (C=O) groups is 1. The Labute approximate surface area is 80.4 Å². The lowest BCUT2D eigenvalue weighted by Gasteiger charge is -2.01. The summed E-state index contributed by atoms with van der Waals surface area (Å²) in [6.45, 7) is 1.85. The maximum Gasteiger partial charge on any atom is 0.200 e. The van der Waals surface area contributed by atoms with Crippen molar-refractivity contribution in [2.45, 2.75) is 6.92 Å². The van der Waals surface area contributed by atoms with Gasteiger partial charge in [0.15, 0.2) is 11.7 Å². The number of aldehydes is 1. The molecule has 0 radical (unpaired) electrons. The van der Waals surface area contributed by atoms with Gasteiger partial charge in [0.1, 0.15) is 0 Å². The minimum Gasteiger partial charge on any atom is -0.360 e. The van der Waals surface area contributed by atoms with Crippen molar-refractivity contribution in [3.8, 4) is 0 Å². The molecule has 2 aromatic rings. The van der Waals surface area contributed by atoms with Gasteiger partial charge in [-0.15, -0.1) is 0 Å². The van der Waals surface area contributed by atoms with Crippen LogP contribution in [-0.4, -0.2) is 11.3 Å². The van der Waals surface area contributed by atoms with Crippen LogP contribution in [0.2, 0.25) is 0 Å². The fourth-order valence-corrected chi connectivity index (χ4v) is 1.54. The van der Waals surface area contributed by atoms with Crippen LogP contribution in [0.15, 0.2) is 29.2 Å². The molecule has 14 heavy (non-hydrogen) atoms. The normalized spacial score (nSPS) is 10.4. The number of fused-ring (bicyclic) bond motifs is 1. The van der Waals surface area contributed by atoms with E-state index in [0.29, 0.717) is 11.7 Å². The summed E-state index contributed by atoms with van der Waals surface area (Å²) in [7, 11) is 0. The molecule has 0 atom stereocenters. The number of rotatable bonds is 1. The average Bonchev–Trinajstić information content (AvgIpc) is 2.18. The number of pyridine rings is 1. The maximum atomic E-state index is 11.7. The van der Waals surface area contributed by atoms with E-state index in [0.717, 1.165) is 11.1 Å². The molecule has 1 heterocycles. The minimum atomic E-state index is -0.202. The molecular formula is C11H9NO2. The third kappa shape index (κ3) is 1.14. The number of aromatic nitrogens is 1. The summed E-state index contributed by atoms with van der Waals surface area (Å²) in [5, 5.41) is 0.595. The molecule has 3 heteroatoms. The van der Waals surface area contributed by atoms with Gasteiger partial charge < -0.3 is 4.98 Å². The number of hydrogen-bond acceptors (Lipinski definition) is 2. The summed E-state index contributed by atoms with van der Waals surface area (Å²) in [6, 6.07) is 5.54. The van der Waals surface area contributed by atoms with E-state index in [-0.39, 0.29) is 11.0 Å². The lowest BCUT2D eigenvalue weighted by atomic mass is 10.1. The van der Waals surface area contributed by atoms with Gasteiger partial charge in [0, 0.05) is 17.1 Å². The van der Waals surface area contributed by atoms with Crippen molar-refractivity contribution in [3.63, 3.8) is 0 Å². The average molecular weight is 187 g/mol. The summed E-state index contributed by atoms with van der Waals surface area (Å²) < 4.78 is 0. The quantitative estimate of drug-likeness (QED) is 0.690. The number of H-pyrrole nitrogens is 1. The molecule has 0 spiro atoms. The highest BCUT2D eigenvalue weighted by molar-refractivity contribution is 5.87. The second-order valence-electron chi connectivity index (χ2n) is 3.19. The monoisotopic (exact) mass is 187 g/mol. The first-order valence-electron chi connectivity index (χ1n) is 4.30. The zero-order valence-electron chi connectivity index (χ0n) is 7.70. The van der Waals surface area contributed by atoms with Crippen LogP contribution in [0.25, 0.3) is 10.9 Å². The Bertz CT molecular complexity index is 555. The first kappa shape index (κ1) is 8.69. The second-order valence-corrected chi connectivity index (χ2v) is 3.19. The molecule has 1 N–H and O–H groups in total. The number of aromatic amines is 1. The van der Waals surface area contributed by atoms with Crippen LogP contribution in [0.3, 0.4) is 0 Å². The van der Waals surface area contributed by atoms with Crippen molar-refractivity contribution in [2.75, 3.05) is 0 Å². The number of carbonyl (C=O) groups excluding carboxylic acids is 1. The van der Waals surface area contributed by atoms with Crippen molar-refractivity contribution in [2.24, 2.45) is 0 Å². The Morgan fingerprint density at radius 1 is 1.36 bits per heavy atom. The van der Waals surface area contributed by atoms with Gasteiger partial charge >= 0.3 is 0 Å². The molecule has 0 amide bonds. The van der Waals surface area contributed by atoms with Crippen molar-refractivity contribution in [1.82, 2.24) is 4.98 Å². The second kappa shape index (κ2) is 3.10. The number of nitrogens with one attached hydrogen (secondary N) is 1. The van der Waals surface area contributed by atoms with E-state index in [1.807, 2.05) is 25.1 Å². The maximum absolute atomic E-state index is 11.7. The number of aryl methyl sites for hydroxylation is 1. The largest absolute Gasteiger partial charge is 0.360 e. The molecule has 2 rings (SSSR count). The zero-order valence-corrected chi connectivity index (χ0v) is 7.70. The van der Waals surface area contributed by atoms with E-state index in [9.17, 15) is 9.59 Å². The molecule has 0 aliphatic carbocycles. The van der Waals surface area contributed by atoms with Crippen LogP contribution in [0.1, 0.15) is 15.9 Å². The smallest absolute Gasteiger partial charge is 0.200 e. The van der Waals surface area contributed by atoms with Gasteiger partial charge in [-0.05, 0) is 18.6 Å². The molecule has 0 bridgehead atoms. The van der Waals surface area contributed by atoms with Crippen LogP contribution < -0.4 is 5.43 Å². The highest BCUT2D eigenvalue weighted by atomic mass is 16.1. The highest BCUT2D eigenvalue weighted by Crippen LogP contribution is 2.11. The van der Waals surface area contributed by atoms with E-state index in [1.165, 1.54) is 6.20 Å². The first-order valence-corrected chi connectivity index (χ1v) is 4.30. The van der Waals surface area contributed by atoms with Crippen LogP contribution in [0.4, 0.5) is 0 Å². The number of benzene rings is 1. The van der Waals surface area contributed by atoms with Crippen LogP contribution in [0.5, 0.6) is 0 Å². The lowest BCUT2D eigenvalue weighted by Crippen LogP contribution is -2.10. The van der Waals surface area contributed by atoms with Gasteiger partial charge in [0.05, 0.1) is 5.56 Å². The minimum absolute atomic E-state index is 0.173. The van der Waals surface area contributed by atoms with Crippen LogP contribution in [0, 0.1) is 6.92 Å². The van der Waals surface area contributed by atoms with E-state index in [4.69, 9.17) is 0 Å². The van der Waals surface area contributed by atoms with Gasteiger partial charge in [0.25, 0.3) is 0 Å². The van der Waals surface area contributed by atoms with Gasteiger partial charge in [-0.25, -0.2) is 0 Å². The molecule has 1 aromatic heterocycles. The Hall–Kier alpha value is -1.90. The molecular weight excluding hydrogens is 178 g/mol. The molecule has 0 unspecified atom stereocenters. The summed E-state index contributed by atoms with van der Waals surface area (Å²) in [4.78, 5) is 25.2. The van der Waals surface area contributed by atoms with Crippen LogP contribution >= 0.6 is 0 Å². The van der Waals surface area contributed by atoms with Gasteiger partial charge in [-0.3, -0.25) is 9.59 Å². The third-order valence-electron chi connectivity index (χ3n) is 2.27. The van der Waals surface area contributed by atoms with Gasteiger partial charge in [0.2, 0.25) is 0 Å². The highest BCUT2D eigenvalue weighted by Gasteiger charge is 2.05. The standard InChI is InChI=1S/C11H9NO2/c1-7-3-2-4-9-10(7)11(14)8(6-13)5-12-9/h2-6H,1H3,(H,12,14). The predicted octanol–water partition coefficient (Wildman–Crippen LogP) is 1.65.